The molecule has 0 aliphatic carbocycles. The molecule has 1 aromatic heterocycles. The number of hydrogen-bond donors (Lipinski definition) is 0. The average molecular weight is 326 g/mol. The lowest BCUT2D eigenvalue weighted by Crippen LogP contribution is -2.33. The van der Waals surface area contributed by atoms with Gasteiger partial charge < -0.3 is 9.64 Å². The van der Waals surface area contributed by atoms with E-state index in [1.807, 2.05) is 48.5 Å². The Bertz CT molecular complexity index is 644. The first kappa shape index (κ1) is 17.7. The van der Waals surface area contributed by atoms with Gasteiger partial charge in [0.05, 0.1) is 25.8 Å². The molecule has 0 aliphatic heterocycles. The van der Waals surface area contributed by atoms with Crippen LogP contribution in [0.3, 0.4) is 0 Å². The Kier molecular flexibility index (Phi) is 6.95. The molecule has 2 rings (SSSR count). The minimum Gasteiger partial charge on any atom is -0.469 e. The molecule has 0 unspecified atom stereocenters. The molecule has 126 valence electrons. The van der Waals surface area contributed by atoms with E-state index in [1.54, 1.807) is 11.1 Å². The van der Waals surface area contributed by atoms with E-state index in [9.17, 15) is 9.59 Å². The molecule has 0 atom stereocenters. The van der Waals surface area contributed by atoms with Gasteiger partial charge >= 0.3 is 5.97 Å². The largest absolute Gasteiger partial charge is 0.469 e. The Hall–Kier alpha value is -2.69. The predicted octanol–water partition coefficient (Wildman–Crippen LogP) is 2.61. The van der Waals surface area contributed by atoms with Crippen LogP contribution in [0.15, 0.2) is 54.7 Å². The molecule has 1 aromatic carbocycles. The number of aromatic nitrogens is 1. The quantitative estimate of drug-likeness (QED) is 0.700. The number of rotatable bonds is 8. The van der Waals surface area contributed by atoms with Crippen molar-refractivity contribution in [3.05, 3.63) is 66.0 Å². The minimum atomic E-state index is -0.322. The molecule has 5 heteroatoms. The molecule has 0 bridgehead atoms. The van der Waals surface area contributed by atoms with Gasteiger partial charge in [-0.3, -0.25) is 14.6 Å². The summed E-state index contributed by atoms with van der Waals surface area (Å²) in [5.74, 6) is -0.315. The summed E-state index contributed by atoms with van der Waals surface area (Å²) < 4.78 is 4.67. The summed E-state index contributed by atoms with van der Waals surface area (Å²) in [6.45, 7) is 0.725. The molecule has 1 heterocycles. The zero-order valence-electron chi connectivity index (χ0n) is 13.9. The summed E-state index contributed by atoms with van der Waals surface area (Å²) >= 11 is 0. The topological polar surface area (TPSA) is 59.5 Å². The second-order valence-electron chi connectivity index (χ2n) is 5.45. The fourth-order valence-electron chi connectivity index (χ4n) is 2.36. The van der Waals surface area contributed by atoms with Crippen molar-refractivity contribution in [1.29, 1.82) is 0 Å². The Morgan fingerprint density at radius 1 is 1.04 bits per heavy atom. The lowest BCUT2D eigenvalue weighted by atomic mass is 10.1. The maximum absolute atomic E-state index is 12.6. The van der Waals surface area contributed by atoms with Crippen LogP contribution in [0.25, 0.3) is 0 Å². The van der Waals surface area contributed by atoms with E-state index in [2.05, 4.69) is 9.72 Å². The number of ether oxygens (including phenoxy) is 1. The third-order valence-corrected chi connectivity index (χ3v) is 3.72. The number of esters is 1. The van der Waals surface area contributed by atoms with Crippen LogP contribution in [-0.4, -0.2) is 35.4 Å². The van der Waals surface area contributed by atoms with Crippen molar-refractivity contribution in [3.8, 4) is 0 Å². The number of methoxy groups -OCH3 is 1. The minimum absolute atomic E-state index is 0.00779. The summed E-state index contributed by atoms with van der Waals surface area (Å²) in [6, 6.07) is 15.5. The molecule has 0 aliphatic rings. The van der Waals surface area contributed by atoms with E-state index < -0.39 is 0 Å². The monoisotopic (exact) mass is 326 g/mol. The second kappa shape index (κ2) is 9.45. The number of aryl methyl sites for hydroxylation is 1. The van der Waals surface area contributed by atoms with Crippen LogP contribution in [0.5, 0.6) is 0 Å². The number of carbonyl (C=O) groups excluding carboxylic acids is 2. The Balaban J connectivity index is 1.97. The van der Waals surface area contributed by atoms with Crippen molar-refractivity contribution in [3.63, 3.8) is 0 Å². The number of nitrogens with zero attached hydrogens (tertiary/aromatic N) is 2. The lowest BCUT2D eigenvalue weighted by Gasteiger charge is -2.22. The molecule has 0 radical (unpaired) electrons. The smallest absolute Gasteiger partial charge is 0.307 e. The predicted molar refractivity (Wildman–Crippen MR) is 91.1 cm³/mol. The van der Waals surface area contributed by atoms with Crippen molar-refractivity contribution in [1.82, 2.24) is 9.88 Å². The highest BCUT2D eigenvalue weighted by atomic mass is 16.5. The molecule has 0 saturated heterocycles. The van der Waals surface area contributed by atoms with Crippen molar-refractivity contribution in [2.24, 2.45) is 0 Å². The van der Waals surface area contributed by atoms with Gasteiger partial charge in [-0.2, -0.15) is 0 Å². The van der Waals surface area contributed by atoms with Crippen LogP contribution in [0.1, 0.15) is 24.1 Å². The summed E-state index contributed by atoms with van der Waals surface area (Å²) in [7, 11) is 1.35. The standard InChI is InChI=1S/C19H22N2O3/c1-24-19(23)12-14-21(15-17-9-5-6-13-20-17)18(22)11-10-16-7-3-2-4-8-16/h2-9,13H,10-12,14-15H2,1H3. The number of hydrogen-bond acceptors (Lipinski definition) is 4. The third kappa shape index (κ3) is 5.83. The van der Waals surface area contributed by atoms with E-state index in [4.69, 9.17) is 0 Å². The molecular weight excluding hydrogens is 304 g/mol. The average Bonchev–Trinajstić information content (AvgIpc) is 2.64. The fraction of sp³-hybridized carbons (Fsp3) is 0.316. The number of carbonyl (C=O) groups is 2. The zero-order chi connectivity index (χ0) is 17.2. The highest BCUT2D eigenvalue weighted by molar-refractivity contribution is 5.77. The van der Waals surface area contributed by atoms with Crippen LogP contribution in [-0.2, 0) is 27.3 Å². The molecular formula is C19H22N2O3. The Labute approximate surface area is 142 Å². The van der Waals surface area contributed by atoms with Crippen LogP contribution in [0.4, 0.5) is 0 Å². The van der Waals surface area contributed by atoms with Crippen LogP contribution < -0.4 is 0 Å². The van der Waals surface area contributed by atoms with Crippen molar-refractivity contribution < 1.29 is 14.3 Å². The molecule has 1 amide bonds. The third-order valence-electron chi connectivity index (χ3n) is 3.72. The van der Waals surface area contributed by atoms with Gasteiger partial charge in [-0.15, -0.1) is 0 Å². The van der Waals surface area contributed by atoms with E-state index in [-0.39, 0.29) is 18.3 Å². The van der Waals surface area contributed by atoms with Crippen molar-refractivity contribution >= 4 is 11.9 Å². The fourth-order valence-corrected chi connectivity index (χ4v) is 2.36. The maximum atomic E-state index is 12.6. The van der Waals surface area contributed by atoms with Crippen molar-refractivity contribution in [2.75, 3.05) is 13.7 Å². The normalized spacial score (nSPS) is 10.2. The van der Waals surface area contributed by atoms with Gasteiger partial charge in [-0.1, -0.05) is 36.4 Å². The first-order valence-corrected chi connectivity index (χ1v) is 7.97. The number of pyridine rings is 1. The summed E-state index contributed by atoms with van der Waals surface area (Å²) in [4.78, 5) is 29.9. The summed E-state index contributed by atoms with van der Waals surface area (Å²) in [6.07, 6.45) is 2.96. The van der Waals surface area contributed by atoms with E-state index >= 15 is 0 Å². The molecule has 0 spiro atoms. The highest BCUT2D eigenvalue weighted by Gasteiger charge is 2.16. The van der Waals surface area contributed by atoms with E-state index in [0.29, 0.717) is 25.9 Å². The Morgan fingerprint density at radius 2 is 1.79 bits per heavy atom. The number of amides is 1. The molecule has 0 N–H and O–H groups in total. The summed E-state index contributed by atoms with van der Waals surface area (Å²) in [5.41, 5.74) is 1.92. The molecule has 24 heavy (non-hydrogen) atoms. The first-order chi connectivity index (χ1) is 11.7. The van der Waals surface area contributed by atoms with Gasteiger partial charge in [0.15, 0.2) is 0 Å². The van der Waals surface area contributed by atoms with Gasteiger partial charge in [0.25, 0.3) is 0 Å². The van der Waals surface area contributed by atoms with Gasteiger partial charge in [0.2, 0.25) is 5.91 Å². The molecule has 0 saturated carbocycles. The Morgan fingerprint density at radius 3 is 2.46 bits per heavy atom. The summed E-state index contributed by atoms with van der Waals surface area (Å²) in [5, 5.41) is 0. The van der Waals surface area contributed by atoms with Crippen molar-refractivity contribution in [2.45, 2.75) is 25.8 Å². The first-order valence-electron chi connectivity index (χ1n) is 7.97. The van der Waals surface area contributed by atoms with Gasteiger partial charge in [0, 0.05) is 19.2 Å². The van der Waals surface area contributed by atoms with Gasteiger partial charge in [0.1, 0.15) is 0 Å². The number of benzene rings is 1. The molecule has 5 nitrogen and oxygen atoms in total. The SMILES string of the molecule is COC(=O)CCN(Cc1ccccn1)C(=O)CCc1ccccc1. The molecule has 2 aromatic rings. The van der Waals surface area contributed by atoms with Crippen LogP contribution in [0.2, 0.25) is 0 Å². The highest BCUT2D eigenvalue weighted by Crippen LogP contribution is 2.09. The maximum Gasteiger partial charge on any atom is 0.307 e. The molecule has 0 fully saturated rings. The van der Waals surface area contributed by atoms with Gasteiger partial charge in [-0.25, -0.2) is 0 Å². The van der Waals surface area contributed by atoms with E-state index in [1.165, 1.54) is 7.11 Å². The van der Waals surface area contributed by atoms with Crippen LogP contribution >= 0.6 is 0 Å². The van der Waals surface area contributed by atoms with Gasteiger partial charge in [-0.05, 0) is 24.1 Å². The lowest BCUT2D eigenvalue weighted by molar-refractivity contribution is -0.142. The van der Waals surface area contributed by atoms with E-state index in [0.717, 1.165) is 11.3 Å². The second-order valence-corrected chi connectivity index (χ2v) is 5.45. The zero-order valence-corrected chi connectivity index (χ0v) is 13.9. The van der Waals surface area contributed by atoms with Crippen LogP contribution in [0, 0.1) is 0 Å².